The van der Waals surface area contributed by atoms with Crippen molar-refractivity contribution in [1.29, 1.82) is 5.26 Å². The molecule has 0 fully saturated rings. The lowest BCUT2D eigenvalue weighted by molar-refractivity contribution is 0.266. The van der Waals surface area contributed by atoms with E-state index in [2.05, 4.69) is 16.3 Å². The largest absolute Gasteiger partial charge is 0.494 e. The van der Waals surface area contributed by atoms with E-state index in [0.29, 0.717) is 24.5 Å². The van der Waals surface area contributed by atoms with Crippen LogP contribution in [0.25, 0.3) is 0 Å². The first kappa shape index (κ1) is 19.9. The van der Waals surface area contributed by atoms with Gasteiger partial charge in [-0.05, 0) is 85.6 Å². The van der Waals surface area contributed by atoms with E-state index >= 15 is 0 Å². The number of nitrogen functional groups attached to an aromatic ring is 1. The van der Waals surface area contributed by atoms with E-state index in [1.54, 1.807) is 24.3 Å². The molecule has 3 aromatic rings. The third-order valence-corrected chi connectivity index (χ3v) is 4.07. The summed E-state index contributed by atoms with van der Waals surface area (Å²) in [6.07, 6.45) is 1.80. The molecule has 3 rings (SSSR count). The molecule has 0 heterocycles. The second-order valence-electron chi connectivity index (χ2n) is 6.33. The lowest BCUT2D eigenvalue weighted by Gasteiger charge is -2.08. The van der Waals surface area contributed by atoms with Crippen LogP contribution in [0, 0.1) is 11.3 Å². The van der Waals surface area contributed by atoms with E-state index < -0.39 is 0 Å². The summed E-state index contributed by atoms with van der Waals surface area (Å²) in [6, 6.07) is 23.9. The van der Waals surface area contributed by atoms with Gasteiger partial charge in [-0.15, -0.1) is 0 Å². The average molecular weight is 386 g/mol. The molecule has 0 aliphatic heterocycles. The normalized spacial score (nSPS) is 10.6. The van der Waals surface area contributed by atoms with Gasteiger partial charge < -0.3 is 15.2 Å². The average Bonchev–Trinajstić information content (AvgIpc) is 2.77. The number of nitrogens with two attached hydrogens (primary N) is 1. The monoisotopic (exact) mass is 386 g/mol. The van der Waals surface area contributed by atoms with E-state index in [1.165, 1.54) is 0 Å². The van der Waals surface area contributed by atoms with Crippen molar-refractivity contribution in [1.82, 2.24) is 0 Å². The highest BCUT2D eigenvalue weighted by Crippen LogP contribution is 2.21. The van der Waals surface area contributed by atoms with Crippen LogP contribution in [0.2, 0.25) is 0 Å². The minimum Gasteiger partial charge on any atom is -0.494 e. The van der Waals surface area contributed by atoms with Crippen LogP contribution in [0.3, 0.4) is 0 Å². The van der Waals surface area contributed by atoms with Gasteiger partial charge in [-0.25, -0.2) is 0 Å². The van der Waals surface area contributed by atoms with Crippen LogP contribution in [0.4, 0.5) is 17.1 Å². The highest BCUT2D eigenvalue weighted by molar-refractivity contribution is 5.45. The van der Waals surface area contributed by atoms with Gasteiger partial charge in [-0.3, -0.25) is 0 Å². The number of azo groups is 1. The first-order valence-corrected chi connectivity index (χ1v) is 9.36. The molecule has 0 aromatic heterocycles. The molecule has 0 aliphatic carbocycles. The molecule has 146 valence electrons. The molecule has 0 spiro atoms. The fourth-order valence-electron chi connectivity index (χ4n) is 2.48. The zero-order chi connectivity index (χ0) is 20.3. The molecule has 0 aliphatic rings. The molecule has 0 amide bonds. The van der Waals surface area contributed by atoms with Gasteiger partial charge in [0, 0.05) is 5.69 Å². The van der Waals surface area contributed by atoms with E-state index in [9.17, 15) is 0 Å². The predicted molar refractivity (Wildman–Crippen MR) is 113 cm³/mol. The molecule has 0 atom stereocenters. The Balaban J connectivity index is 1.36. The summed E-state index contributed by atoms with van der Waals surface area (Å²) in [5.41, 5.74) is 8.41. The number of hydrogen-bond acceptors (Lipinski definition) is 6. The first-order chi connectivity index (χ1) is 14.2. The Morgan fingerprint density at radius 2 is 1.14 bits per heavy atom. The number of anilines is 1. The molecule has 2 N–H and O–H groups in total. The van der Waals surface area contributed by atoms with Crippen molar-refractivity contribution in [3.63, 3.8) is 0 Å². The van der Waals surface area contributed by atoms with Crippen molar-refractivity contribution in [3.05, 3.63) is 78.4 Å². The van der Waals surface area contributed by atoms with Gasteiger partial charge in [-0.1, -0.05) is 0 Å². The number of rotatable bonds is 9. The third kappa shape index (κ3) is 6.67. The summed E-state index contributed by atoms with van der Waals surface area (Å²) in [6.45, 7) is 1.26. The Morgan fingerprint density at radius 1 is 0.690 bits per heavy atom. The van der Waals surface area contributed by atoms with Gasteiger partial charge in [0.05, 0.1) is 36.2 Å². The van der Waals surface area contributed by atoms with Gasteiger partial charge in [0.1, 0.15) is 11.5 Å². The predicted octanol–water partition coefficient (Wildman–Crippen LogP) is 5.79. The molecule has 6 heteroatoms. The minimum absolute atomic E-state index is 0.599. The topological polar surface area (TPSA) is 93.0 Å². The van der Waals surface area contributed by atoms with E-state index in [0.717, 1.165) is 35.7 Å². The fraction of sp³-hybridized carbons (Fsp3) is 0.174. The summed E-state index contributed by atoms with van der Waals surface area (Å²) in [4.78, 5) is 0. The van der Waals surface area contributed by atoms with Gasteiger partial charge in [-0.2, -0.15) is 15.5 Å². The van der Waals surface area contributed by atoms with Gasteiger partial charge in [0.2, 0.25) is 0 Å². The van der Waals surface area contributed by atoms with Crippen LogP contribution in [-0.4, -0.2) is 13.2 Å². The molecule has 3 aromatic carbocycles. The van der Waals surface area contributed by atoms with Gasteiger partial charge >= 0.3 is 0 Å². The van der Waals surface area contributed by atoms with Crippen molar-refractivity contribution in [2.45, 2.75) is 12.8 Å². The molecule has 0 unspecified atom stereocenters. The summed E-state index contributed by atoms with van der Waals surface area (Å²) >= 11 is 0. The number of hydrogen-bond donors (Lipinski definition) is 1. The molecular formula is C23H22N4O2. The van der Waals surface area contributed by atoms with E-state index in [-0.39, 0.29) is 0 Å². The highest BCUT2D eigenvalue weighted by Gasteiger charge is 1.98. The van der Waals surface area contributed by atoms with Crippen LogP contribution in [0.15, 0.2) is 83.0 Å². The van der Waals surface area contributed by atoms with Crippen LogP contribution >= 0.6 is 0 Å². The van der Waals surface area contributed by atoms with Crippen molar-refractivity contribution in [2.75, 3.05) is 18.9 Å². The SMILES string of the molecule is N#Cc1ccc(N=Nc2ccc(OCCCCOc3ccc(N)cc3)cc2)cc1. The molecule has 29 heavy (non-hydrogen) atoms. The first-order valence-electron chi connectivity index (χ1n) is 9.36. The second-order valence-corrected chi connectivity index (χ2v) is 6.33. The standard InChI is InChI=1S/C23H22N4O2/c24-17-18-3-7-20(8-4-18)26-27-21-9-13-23(14-10-21)29-16-2-1-15-28-22-11-5-19(25)6-12-22/h3-14H,1-2,15-16,25H2. The molecule has 0 saturated carbocycles. The number of unbranched alkanes of at least 4 members (excludes halogenated alkanes) is 1. The number of ether oxygens (including phenoxy) is 2. The Labute approximate surface area is 170 Å². The van der Waals surface area contributed by atoms with Crippen LogP contribution < -0.4 is 15.2 Å². The van der Waals surface area contributed by atoms with Crippen LogP contribution in [0.5, 0.6) is 11.5 Å². The molecule has 6 nitrogen and oxygen atoms in total. The highest BCUT2D eigenvalue weighted by atomic mass is 16.5. The van der Waals surface area contributed by atoms with Gasteiger partial charge in [0.25, 0.3) is 0 Å². The maximum atomic E-state index is 8.80. The summed E-state index contributed by atoms with van der Waals surface area (Å²) in [5.74, 6) is 1.62. The van der Waals surface area contributed by atoms with Crippen molar-refractivity contribution in [2.24, 2.45) is 10.2 Å². The lowest BCUT2D eigenvalue weighted by Crippen LogP contribution is -2.02. The van der Waals surface area contributed by atoms with Gasteiger partial charge in [0.15, 0.2) is 0 Å². The second kappa shape index (κ2) is 10.5. The maximum absolute atomic E-state index is 8.80. The molecule has 0 radical (unpaired) electrons. The third-order valence-electron chi connectivity index (χ3n) is 4.07. The van der Waals surface area contributed by atoms with Crippen molar-refractivity contribution < 1.29 is 9.47 Å². The Kier molecular flexibility index (Phi) is 7.19. The zero-order valence-corrected chi connectivity index (χ0v) is 16.0. The Hall–Kier alpha value is -3.85. The minimum atomic E-state index is 0.599. The fourth-order valence-corrected chi connectivity index (χ4v) is 2.48. The smallest absolute Gasteiger partial charge is 0.119 e. The van der Waals surface area contributed by atoms with E-state index in [4.69, 9.17) is 20.5 Å². The van der Waals surface area contributed by atoms with Crippen LogP contribution in [0.1, 0.15) is 18.4 Å². The zero-order valence-electron chi connectivity index (χ0n) is 16.0. The lowest BCUT2D eigenvalue weighted by atomic mass is 10.2. The Bertz CT molecular complexity index is 960. The summed E-state index contributed by atoms with van der Waals surface area (Å²) < 4.78 is 11.4. The van der Waals surface area contributed by atoms with Crippen LogP contribution in [-0.2, 0) is 0 Å². The number of nitriles is 1. The molecule has 0 saturated heterocycles. The summed E-state index contributed by atoms with van der Waals surface area (Å²) in [5, 5.41) is 17.1. The van der Waals surface area contributed by atoms with E-state index in [1.807, 2.05) is 48.5 Å². The number of nitrogens with zero attached hydrogens (tertiary/aromatic N) is 3. The maximum Gasteiger partial charge on any atom is 0.119 e. The van der Waals surface area contributed by atoms with Crippen molar-refractivity contribution >= 4 is 17.1 Å². The summed E-state index contributed by atoms with van der Waals surface area (Å²) in [7, 11) is 0. The molecule has 0 bridgehead atoms. The van der Waals surface area contributed by atoms with Crippen molar-refractivity contribution in [3.8, 4) is 17.6 Å². The molecular weight excluding hydrogens is 364 g/mol. The Morgan fingerprint density at radius 3 is 1.62 bits per heavy atom. The number of benzene rings is 3. The quantitative estimate of drug-likeness (QED) is 0.286.